The molecule has 0 bridgehead atoms. The first-order valence-electron chi connectivity index (χ1n) is 9.11. The molecule has 0 heterocycles. The Labute approximate surface area is 169 Å². The number of ether oxygens (including phenoxy) is 1. The Balaban J connectivity index is 2.13. The number of amides is 2. The largest absolute Gasteiger partial charge is 0.484 e. The highest BCUT2D eigenvalue weighted by atomic mass is 35.5. The Morgan fingerprint density at radius 3 is 2.50 bits per heavy atom. The minimum atomic E-state index is -0.702. The van der Waals surface area contributed by atoms with Gasteiger partial charge in [-0.3, -0.25) is 9.59 Å². The highest BCUT2D eigenvalue weighted by Gasteiger charge is 2.26. The molecule has 0 aromatic heterocycles. The molecule has 1 N–H and O–H groups in total. The first-order chi connectivity index (χ1) is 13.4. The predicted molar refractivity (Wildman–Crippen MR) is 107 cm³/mol. The van der Waals surface area contributed by atoms with Gasteiger partial charge in [-0.25, -0.2) is 4.39 Å². The monoisotopic (exact) mass is 406 g/mol. The van der Waals surface area contributed by atoms with Crippen molar-refractivity contribution in [1.29, 1.82) is 0 Å². The van der Waals surface area contributed by atoms with Crippen LogP contribution in [0.25, 0.3) is 0 Å². The molecule has 0 aliphatic rings. The molecule has 2 rings (SSSR count). The molecule has 2 aromatic rings. The van der Waals surface area contributed by atoms with Crippen LogP contribution >= 0.6 is 11.6 Å². The van der Waals surface area contributed by atoms with Gasteiger partial charge in [0, 0.05) is 18.1 Å². The van der Waals surface area contributed by atoms with Gasteiger partial charge in [-0.05, 0) is 49.2 Å². The van der Waals surface area contributed by atoms with Gasteiger partial charge in [0.2, 0.25) is 5.91 Å². The van der Waals surface area contributed by atoms with Crippen molar-refractivity contribution in [3.63, 3.8) is 0 Å². The summed E-state index contributed by atoms with van der Waals surface area (Å²) < 4.78 is 18.5. The molecule has 0 aliphatic carbocycles. The van der Waals surface area contributed by atoms with E-state index in [1.54, 1.807) is 25.1 Å². The third-order valence-corrected chi connectivity index (χ3v) is 4.56. The first-order valence-corrected chi connectivity index (χ1v) is 9.49. The second kappa shape index (κ2) is 10.7. The Morgan fingerprint density at radius 2 is 1.86 bits per heavy atom. The molecule has 0 unspecified atom stereocenters. The number of hydrogen-bond donors (Lipinski definition) is 1. The van der Waals surface area contributed by atoms with E-state index in [9.17, 15) is 14.0 Å². The third kappa shape index (κ3) is 6.23. The maximum atomic E-state index is 13.0. The van der Waals surface area contributed by atoms with Gasteiger partial charge in [0.05, 0.1) is 0 Å². The Kier molecular flexibility index (Phi) is 8.26. The zero-order valence-corrected chi connectivity index (χ0v) is 16.7. The van der Waals surface area contributed by atoms with Crippen molar-refractivity contribution in [2.75, 3.05) is 13.2 Å². The van der Waals surface area contributed by atoms with E-state index in [1.165, 1.54) is 29.2 Å². The molecule has 0 fully saturated rings. The van der Waals surface area contributed by atoms with E-state index in [4.69, 9.17) is 16.3 Å². The number of hydrogen-bond acceptors (Lipinski definition) is 3. The molecule has 0 saturated carbocycles. The van der Waals surface area contributed by atoms with Crippen molar-refractivity contribution >= 4 is 23.4 Å². The number of carbonyl (C=O) groups is 2. The van der Waals surface area contributed by atoms with E-state index in [2.05, 4.69) is 5.32 Å². The summed E-state index contributed by atoms with van der Waals surface area (Å²) in [6.45, 7) is 4.04. The molecule has 28 heavy (non-hydrogen) atoms. The summed E-state index contributed by atoms with van der Waals surface area (Å²) in [5.74, 6) is -0.636. The summed E-state index contributed by atoms with van der Waals surface area (Å²) in [5.41, 5.74) is 0.731. The van der Waals surface area contributed by atoms with E-state index in [1.807, 2.05) is 13.0 Å². The summed E-state index contributed by atoms with van der Waals surface area (Å²) in [6, 6.07) is 11.8. The van der Waals surface area contributed by atoms with E-state index >= 15 is 0 Å². The molecule has 2 aromatic carbocycles. The van der Waals surface area contributed by atoms with Crippen LogP contribution in [0.4, 0.5) is 4.39 Å². The lowest BCUT2D eigenvalue weighted by Crippen LogP contribution is -2.49. The van der Waals surface area contributed by atoms with Gasteiger partial charge < -0.3 is 15.0 Å². The summed E-state index contributed by atoms with van der Waals surface area (Å²) >= 11 is 6.22. The van der Waals surface area contributed by atoms with Crippen LogP contribution < -0.4 is 10.1 Å². The number of benzene rings is 2. The van der Waals surface area contributed by atoms with Crippen LogP contribution in [0.1, 0.15) is 25.8 Å². The van der Waals surface area contributed by atoms with Gasteiger partial charge in [-0.1, -0.05) is 36.7 Å². The highest BCUT2D eigenvalue weighted by Crippen LogP contribution is 2.19. The average molecular weight is 407 g/mol. The van der Waals surface area contributed by atoms with Crippen LogP contribution in [0.15, 0.2) is 48.5 Å². The quantitative estimate of drug-likeness (QED) is 0.689. The van der Waals surface area contributed by atoms with Gasteiger partial charge in [0.15, 0.2) is 6.61 Å². The number of rotatable bonds is 9. The number of nitrogens with one attached hydrogen (secondary N) is 1. The maximum absolute atomic E-state index is 13.0. The SMILES string of the molecule is CCCNC(=O)[C@@H](C)N(Cc1ccccc1Cl)C(=O)COc1ccc(F)cc1. The molecular weight excluding hydrogens is 383 g/mol. The summed E-state index contributed by atoms with van der Waals surface area (Å²) in [6.07, 6.45) is 0.796. The second-order valence-corrected chi connectivity index (χ2v) is 6.73. The molecule has 0 radical (unpaired) electrons. The zero-order valence-electron chi connectivity index (χ0n) is 16.0. The molecule has 0 aliphatic heterocycles. The normalized spacial score (nSPS) is 11.6. The molecule has 150 valence electrons. The molecular formula is C21H24ClFN2O3. The van der Waals surface area contributed by atoms with Crippen LogP contribution in [0.2, 0.25) is 5.02 Å². The first kappa shape index (κ1) is 21.7. The van der Waals surface area contributed by atoms with Crippen LogP contribution in [0.5, 0.6) is 5.75 Å². The minimum Gasteiger partial charge on any atom is -0.484 e. The number of carbonyl (C=O) groups excluding carboxylic acids is 2. The average Bonchev–Trinajstić information content (AvgIpc) is 2.70. The number of halogens is 2. The van der Waals surface area contributed by atoms with Crippen molar-refractivity contribution in [3.05, 3.63) is 64.9 Å². The lowest BCUT2D eigenvalue weighted by molar-refractivity contribution is -0.142. The molecule has 0 saturated heterocycles. The fourth-order valence-electron chi connectivity index (χ4n) is 2.55. The van der Waals surface area contributed by atoms with Crippen LogP contribution in [-0.2, 0) is 16.1 Å². The molecule has 1 atom stereocenters. The van der Waals surface area contributed by atoms with Crippen molar-refractivity contribution in [2.24, 2.45) is 0 Å². The smallest absolute Gasteiger partial charge is 0.261 e. The van der Waals surface area contributed by atoms with Gasteiger partial charge in [0.1, 0.15) is 17.6 Å². The van der Waals surface area contributed by atoms with E-state index < -0.39 is 6.04 Å². The van der Waals surface area contributed by atoms with Crippen molar-refractivity contribution in [2.45, 2.75) is 32.9 Å². The fourth-order valence-corrected chi connectivity index (χ4v) is 2.74. The second-order valence-electron chi connectivity index (χ2n) is 6.32. The van der Waals surface area contributed by atoms with Crippen molar-refractivity contribution in [3.8, 4) is 5.75 Å². The number of nitrogens with zero attached hydrogens (tertiary/aromatic N) is 1. The lowest BCUT2D eigenvalue weighted by Gasteiger charge is -2.29. The van der Waals surface area contributed by atoms with E-state index in [0.29, 0.717) is 17.3 Å². The molecule has 7 heteroatoms. The van der Waals surface area contributed by atoms with Gasteiger partial charge in [-0.15, -0.1) is 0 Å². The standard InChI is InChI=1S/C21H24ClFN2O3/c1-3-12-24-21(27)15(2)25(13-16-6-4-5-7-19(16)22)20(26)14-28-18-10-8-17(23)9-11-18/h4-11,15H,3,12-14H2,1-2H3,(H,24,27)/t15-/m1/s1. The van der Waals surface area contributed by atoms with E-state index in [-0.39, 0.29) is 30.8 Å². The van der Waals surface area contributed by atoms with Gasteiger partial charge in [0.25, 0.3) is 5.91 Å². The van der Waals surface area contributed by atoms with E-state index in [0.717, 1.165) is 12.0 Å². The Morgan fingerprint density at radius 1 is 1.18 bits per heavy atom. The Hall–Kier alpha value is -2.60. The van der Waals surface area contributed by atoms with Gasteiger partial charge >= 0.3 is 0 Å². The topological polar surface area (TPSA) is 58.6 Å². The van der Waals surface area contributed by atoms with Crippen molar-refractivity contribution < 1.29 is 18.7 Å². The van der Waals surface area contributed by atoms with Crippen LogP contribution in [-0.4, -0.2) is 35.9 Å². The maximum Gasteiger partial charge on any atom is 0.261 e. The molecule has 0 spiro atoms. The Bertz CT molecular complexity index is 798. The molecule has 5 nitrogen and oxygen atoms in total. The van der Waals surface area contributed by atoms with Gasteiger partial charge in [-0.2, -0.15) is 0 Å². The molecule has 2 amide bonds. The fraction of sp³-hybridized carbons (Fsp3) is 0.333. The zero-order chi connectivity index (χ0) is 20.5. The third-order valence-electron chi connectivity index (χ3n) is 4.19. The predicted octanol–water partition coefficient (Wildman–Crippen LogP) is 3.80. The van der Waals surface area contributed by atoms with Crippen molar-refractivity contribution in [1.82, 2.24) is 10.2 Å². The van der Waals surface area contributed by atoms with Crippen LogP contribution in [0, 0.1) is 5.82 Å². The summed E-state index contributed by atoms with van der Waals surface area (Å²) in [4.78, 5) is 26.7. The van der Waals surface area contributed by atoms with Crippen LogP contribution in [0.3, 0.4) is 0 Å². The summed E-state index contributed by atoms with van der Waals surface area (Å²) in [7, 11) is 0. The minimum absolute atomic E-state index is 0.173. The lowest BCUT2D eigenvalue weighted by atomic mass is 10.1. The summed E-state index contributed by atoms with van der Waals surface area (Å²) in [5, 5.41) is 3.31. The highest BCUT2D eigenvalue weighted by molar-refractivity contribution is 6.31.